The third-order valence-electron chi connectivity index (χ3n) is 15.6. The number of aryl methyl sites for hydroxylation is 2. The molecule has 0 amide bonds. The van der Waals surface area contributed by atoms with E-state index in [2.05, 4.69) is 258 Å². The van der Waals surface area contributed by atoms with Crippen LogP contribution in [0.2, 0.25) is 0 Å². The highest BCUT2D eigenvalue weighted by Crippen LogP contribution is 2.54. The predicted molar refractivity (Wildman–Crippen MR) is 305 cm³/mol. The Bertz CT molecular complexity index is 3600. The minimum atomic E-state index is -2.43. The number of hydrogen-bond acceptors (Lipinski definition) is 3. The summed E-state index contributed by atoms with van der Waals surface area (Å²) >= 11 is 0. The van der Waals surface area contributed by atoms with E-state index in [1.165, 1.54) is 22.2 Å². The van der Waals surface area contributed by atoms with Crippen LogP contribution >= 0.6 is 0 Å². The third-order valence-corrected chi connectivity index (χ3v) is 15.6. The van der Waals surface area contributed by atoms with E-state index in [-0.39, 0.29) is 23.0 Å². The molecule has 9 aromatic carbocycles. The van der Waals surface area contributed by atoms with Crippen LogP contribution in [0.4, 0.5) is 51.2 Å². The second-order valence-corrected chi connectivity index (χ2v) is 22.4. The molecule has 1 aliphatic carbocycles. The molecule has 0 N–H and O–H groups in total. The lowest BCUT2D eigenvalue weighted by Gasteiger charge is -2.46. The SMILES string of the molecule is [2H]C([2H])([2H])c1cc2c3c(c1)N(c1ccc(C(C)(C)C)cc1-c1ccccc1)c1cc(N(c4ccccc4)c4ccccc4)ccc1B3c1cc3c(cc1N2c1cc(-c2ccccc2)ccc1C)C(C)(C)CC3(C)C. The maximum absolute atomic E-state index is 9.29. The van der Waals surface area contributed by atoms with Crippen LogP contribution in [-0.2, 0) is 16.2 Å². The lowest BCUT2D eigenvalue weighted by molar-refractivity contribution is 0.403. The Labute approximate surface area is 426 Å². The maximum Gasteiger partial charge on any atom is 0.252 e. The normalized spacial score (nSPS) is 15.7. The fraction of sp³-hybridized carbons (Fsp3) is 0.194. The molecule has 0 bridgehead atoms. The van der Waals surface area contributed by atoms with Gasteiger partial charge in [0.1, 0.15) is 0 Å². The highest BCUT2D eigenvalue weighted by Gasteiger charge is 2.48. The highest BCUT2D eigenvalue weighted by molar-refractivity contribution is 7.00. The van der Waals surface area contributed by atoms with Crippen molar-refractivity contribution in [3.8, 4) is 22.3 Å². The zero-order valence-electron chi connectivity index (χ0n) is 45.2. The predicted octanol–water partition coefficient (Wildman–Crippen LogP) is 16.4. The molecule has 0 atom stereocenters. The topological polar surface area (TPSA) is 9.72 Å². The Morgan fingerprint density at radius 3 is 1.65 bits per heavy atom. The van der Waals surface area contributed by atoms with Crippen molar-refractivity contribution in [1.82, 2.24) is 0 Å². The van der Waals surface area contributed by atoms with E-state index in [9.17, 15) is 4.11 Å². The molecule has 0 saturated carbocycles. The number of hydrogen-bond donors (Lipinski definition) is 0. The van der Waals surface area contributed by atoms with Gasteiger partial charge in [-0.25, -0.2) is 0 Å². The summed E-state index contributed by atoms with van der Waals surface area (Å²) in [4.78, 5) is 7.16. The standard InChI is InChI=1S/C67H62BN3/c1-44-36-62-64-63(37-44)71(59-38-48(31-30-45(59)2)46-22-14-10-15-23-46)61-42-55-54(66(6,7)43-67(55,8)9)41-57(61)68(64)56-34-33-52(69(50-26-18-12-19-27-50)51-28-20-13-21-29-51)40-60(56)70(62)58-35-32-49(65(3,4)5)39-53(58)47-24-16-11-17-25-47/h10-42H,43H2,1-9H3/i1D3. The first-order valence-corrected chi connectivity index (χ1v) is 25.3. The largest absolute Gasteiger partial charge is 0.311 e. The van der Waals surface area contributed by atoms with Crippen molar-refractivity contribution in [3.05, 3.63) is 228 Å². The van der Waals surface area contributed by atoms with Crippen LogP contribution in [0.15, 0.2) is 200 Å². The van der Waals surface area contributed by atoms with Gasteiger partial charge < -0.3 is 14.7 Å². The zero-order valence-corrected chi connectivity index (χ0v) is 42.2. The van der Waals surface area contributed by atoms with Crippen LogP contribution in [0.1, 0.15) is 86.8 Å². The van der Waals surface area contributed by atoms with E-state index < -0.39 is 6.85 Å². The summed E-state index contributed by atoms with van der Waals surface area (Å²) in [6.45, 7) is 15.9. The minimum absolute atomic E-state index is 0.0747. The fourth-order valence-electron chi connectivity index (χ4n) is 12.4. The van der Waals surface area contributed by atoms with Crippen molar-refractivity contribution in [2.75, 3.05) is 14.7 Å². The molecule has 2 heterocycles. The van der Waals surface area contributed by atoms with Crippen LogP contribution in [-0.4, -0.2) is 6.71 Å². The van der Waals surface area contributed by atoms with E-state index in [1.54, 1.807) is 0 Å². The molecule has 71 heavy (non-hydrogen) atoms. The van der Waals surface area contributed by atoms with Crippen LogP contribution in [0.3, 0.4) is 0 Å². The van der Waals surface area contributed by atoms with Gasteiger partial charge in [-0.3, -0.25) is 0 Å². The fourth-order valence-corrected chi connectivity index (χ4v) is 12.4. The molecule has 4 heteroatoms. The van der Waals surface area contributed by atoms with Gasteiger partial charge in [-0.15, -0.1) is 0 Å². The van der Waals surface area contributed by atoms with E-state index in [0.717, 1.165) is 96.4 Å². The highest BCUT2D eigenvalue weighted by atomic mass is 15.2. The quantitative estimate of drug-likeness (QED) is 0.148. The van der Waals surface area contributed by atoms with E-state index in [4.69, 9.17) is 0 Å². The van der Waals surface area contributed by atoms with Crippen molar-refractivity contribution in [3.63, 3.8) is 0 Å². The smallest absolute Gasteiger partial charge is 0.252 e. The first-order valence-electron chi connectivity index (χ1n) is 26.8. The summed E-state index contributed by atoms with van der Waals surface area (Å²) < 4.78 is 27.9. The van der Waals surface area contributed by atoms with E-state index >= 15 is 0 Å². The monoisotopic (exact) mass is 923 g/mol. The van der Waals surface area contributed by atoms with Gasteiger partial charge in [-0.2, -0.15) is 0 Å². The van der Waals surface area contributed by atoms with Crippen LogP contribution in [0, 0.1) is 13.8 Å². The van der Waals surface area contributed by atoms with E-state index in [1.807, 2.05) is 12.1 Å². The number of anilines is 9. The number of rotatable bonds is 7. The van der Waals surface area contributed by atoms with Gasteiger partial charge in [-0.1, -0.05) is 176 Å². The van der Waals surface area contributed by atoms with Gasteiger partial charge in [0.15, 0.2) is 0 Å². The van der Waals surface area contributed by atoms with Gasteiger partial charge in [0.25, 0.3) is 6.71 Å². The van der Waals surface area contributed by atoms with Crippen molar-refractivity contribution >= 4 is 74.3 Å². The van der Waals surface area contributed by atoms with Crippen molar-refractivity contribution in [2.24, 2.45) is 0 Å². The van der Waals surface area contributed by atoms with E-state index in [0.29, 0.717) is 5.56 Å². The molecule has 0 aromatic heterocycles. The Morgan fingerprint density at radius 1 is 0.479 bits per heavy atom. The van der Waals surface area contributed by atoms with Gasteiger partial charge >= 0.3 is 0 Å². The molecular weight excluding hydrogens is 858 g/mol. The Hall–Kier alpha value is -7.56. The third kappa shape index (κ3) is 7.41. The summed E-state index contributed by atoms with van der Waals surface area (Å²) in [5.74, 6) is 0. The molecule has 0 saturated heterocycles. The van der Waals surface area contributed by atoms with Gasteiger partial charge in [0.2, 0.25) is 0 Å². The molecule has 12 rings (SSSR count). The summed E-state index contributed by atoms with van der Waals surface area (Å²) in [5.41, 5.74) is 21.8. The average molecular weight is 923 g/mol. The van der Waals surface area contributed by atoms with Gasteiger partial charge in [0, 0.05) is 55.2 Å². The number of nitrogens with zero attached hydrogens (tertiary/aromatic N) is 3. The van der Waals surface area contributed by atoms with Gasteiger partial charge in [-0.05, 0) is 170 Å². The van der Waals surface area contributed by atoms with Crippen molar-refractivity contribution in [2.45, 2.75) is 84.9 Å². The minimum Gasteiger partial charge on any atom is -0.311 e. The molecule has 348 valence electrons. The molecule has 2 aliphatic heterocycles. The maximum atomic E-state index is 9.29. The second-order valence-electron chi connectivity index (χ2n) is 22.4. The summed E-state index contributed by atoms with van der Waals surface area (Å²) in [6, 6.07) is 72.1. The Kier molecular flexibility index (Phi) is 9.60. The van der Waals surface area contributed by atoms with Crippen LogP contribution < -0.4 is 31.1 Å². The Morgan fingerprint density at radius 2 is 1.04 bits per heavy atom. The summed E-state index contributed by atoms with van der Waals surface area (Å²) in [6.07, 6.45) is 1.02. The molecule has 0 fully saturated rings. The number of benzene rings is 9. The Balaban J connectivity index is 1.23. The summed E-state index contributed by atoms with van der Waals surface area (Å²) in [7, 11) is 0. The molecule has 0 radical (unpaired) electrons. The first kappa shape index (κ1) is 41.2. The molecule has 0 spiro atoms. The molecule has 9 aromatic rings. The molecule has 3 nitrogen and oxygen atoms in total. The second kappa shape index (κ2) is 16.5. The van der Waals surface area contributed by atoms with Gasteiger partial charge in [0.05, 0.1) is 5.69 Å². The first-order chi connectivity index (χ1) is 35.4. The lowest BCUT2D eigenvalue weighted by atomic mass is 9.33. The van der Waals surface area contributed by atoms with Crippen LogP contribution in [0.5, 0.6) is 0 Å². The number of para-hydroxylation sites is 2. The average Bonchev–Trinajstić information content (AvgIpc) is 3.61. The zero-order chi connectivity index (χ0) is 51.5. The summed E-state index contributed by atoms with van der Waals surface area (Å²) in [5, 5.41) is 0. The molecular formula is C67H62BN3. The lowest BCUT2D eigenvalue weighted by Crippen LogP contribution is -2.61. The number of fused-ring (bicyclic) bond motifs is 5. The van der Waals surface area contributed by atoms with Crippen molar-refractivity contribution in [1.29, 1.82) is 0 Å². The molecule has 0 unspecified atom stereocenters. The van der Waals surface area contributed by atoms with Crippen molar-refractivity contribution < 1.29 is 4.11 Å². The molecule has 3 aliphatic rings. The van der Waals surface area contributed by atoms with Crippen LogP contribution in [0.25, 0.3) is 22.3 Å².